The van der Waals surface area contributed by atoms with E-state index in [0.717, 1.165) is 17.7 Å². The number of H-pyrrole nitrogens is 1. The first-order valence-electron chi connectivity index (χ1n) is 7.19. The van der Waals surface area contributed by atoms with E-state index in [2.05, 4.69) is 35.3 Å². The molecule has 1 aliphatic carbocycles. The van der Waals surface area contributed by atoms with E-state index >= 15 is 0 Å². The minimum Gasteiger partial charge on any atom is -0.281 e. The third-order valence-electron chi connectivity index (χ3n) is 4.24. The molecule has 0 fully saturated rings. The Morgan fingerprint density at radius 1 is 1.36 bits per heavy atom. The highest BCUT2D eigenvalue weighted by atomic mass is 16.7. The van der Waals surface area contributed by atoms with E-state index in [1.54, 1.807) is 7.05 Å². The Morgan fingerprint density at radius 3 is 2.77 bits per heavy atom. The highest BCUT2D eigenvalue weighted by molar-refractivity contribution is 5.95. The van der Waals surface area contributed by atoms with Crippen LogP contribution in [0.25, 0.3) is 6.08 Å². The van der Waals surface area contributed by atoms with Gasteiger partial charge in [-0.1, -0.05) is 49.4 Å². The molecular weight excluding hydrogens is 278 g/mol. The van der Waals surface area contributed by atoms with Crippen molar-refractivity contribution in [3.63, 3.8) is 0 Å². The number of hydrogen-bond acceptors (Lipinski definition) is 3. The van der Waals surface area contributed by atoms with Gasteiger partial charge in [-0.25, -0.2) is 5.06 Å². The molecule has 1 aromatic heterocycles. The second kappa shape index (κ2) is 5.42. The lowest BCUT2D eigenvalue weighted by atomic mass is 9.75. The Bertz CT molecular complexity index is 721. The lowest BCUT2D eigenvalue weighted by Gasteiger charge is -2.29. The molecule has 0 saturated carbocycles. The minimum absolute atomic E-state index is 0.103. The van der Waals surface area contributed by atoms with Gasteiger partial charge in [-0.3, -0.25) is 14.7 Å². The SMILES string of the molecule is CON(C)C(=O)c1n[nH]c2c1C=CC(C)(c1ccccc1)C2. The minimum atomic E-state index is -0.257. The highest BCUT2D eigenvalue weighted by Crippen LogP contribution is 2.35. The van der Waals surface area contributed by atoms with Gasteiger partial charge < -0.3 is 0 Å². The van der Waals surface area contributed by atoms with Crippen molar-refractivity contribution in [2.24, 2.45) is 0 Å². The molecule has 2 aromatic rings. The first kappa shape index (κ1) is 14.5. The van der Waals surface area contributed by atoms with Crippen LogP contribution < -0.4 is 0 Å². The van der Waals surface area contributed by atoms with Gasteiger partial charge in [0.25, 0.3) is 5.91 Å². The van der Waals surface area contributed by atoms with Crippen LogP contribution in [0.3, 0.4) is 0 Å². The number of benzene rings is 1. The summed E-state index contributed by atoms with van der Waals surface area (Å²) in [5, 5.41) is 8.36. The molecule has 1 N–H and O–H groups in total. The van der Waals surface area contributed by atoms with Gasteiger partial charge in [0.2, 0.25) is 0 Å². The summed E-state index contributed by atoms with van der Waals surface area (Å²) in [7, 11) is 3.03. The number of amides is 1. The van der Waals surface area contributed by atoms with Crippen molar-refractivity contribution in [3.8, 4) is 0 Å². The van der Waals surface area contributed by atoms with Crippen molar-refractivity contribution >= 4 is 12.0 Å². The summed E-state index contributed by atoms with van der Waals surface area (Å²) in [6.07, 6.45) is 4.90. The van der Waals surface area contributed by atoms with E-state index in [1.165, 1.54) is 17.7 Å². The predicted octanol–water partition coefficient (Wildman–Crippen LogP) is 2.57. The first-order valence-corrected chi connectivity index (χ1v) is 7.19. The number of rotatable bonds is 3. The number of carbonyl (C=O) groups excluding carboxylic acids is 1. The Hall–Kier alpha value is -2.40. The zero-order chi connectivity index (χ0) is 15.7. The molecule has 5 heteroatoms. The molecule has 5 nitrogen and oxygen atoms in total. The average molecular weight is 297 g/mol. The van der Waals surface area contributed by atoms with Crippen LogP contribution in [0.15, 0.2) is 36.4 Å². The van der Waals surface area contributed by atoms with Gasteiger partial charge in [0.05, 0.1) is 7.11 Å². The summed E-state index contributed by atoms with van der Waals surface area (Å²) in [5.74, 6) is -0.257. The van der Waals surface area contributed by atoms with Crippen LogP contribution in [0.5, 0.6) is 0 Å². The van der Waals surface area contributed by atoms with E-state index < -0.39 is 0 Å². The molecule has 1 amide bonds. The van der Waals surface area contributed by atoms with Gasteiger partial charge in [0.1, 0.15) is 0 Å². The molecule has 1 aromatic carbocycles. The summed E-state index contributed by atoms with van der Waals surface area (Å²) in [4.78, 5) is 17.2. The molecule has 1 unspecified atom stereocenters. The normalized spacial score (nSPS) is 19.8. The van der Waals surface area contributed by atoms with E-state index in [4.69, 9.17) is 4.84 Å². The fourth-order valence-corrected chi connectivity index (χ4v) is 2.81. The molecule has 1 aliphatic rings. The van der Waals surface area contributed by atoms with Crippen molar-refractivity contribution in [1.29, 1.82) is 0 Å². The third-order valence-corrected chi connectivity index (χ3v) is 4.24. The lowest BCUT2D eigenvalue weighted by molar-refractivity contribution is -0.0760. The van der Waals surface area contributed by atoms with E-state index in [9.17, 15) is 4.79 Å². The van der Waals surface area contributed by atoms with Gasteiger partial charge in [-0.05, 0) is 5.56 Å². The van der Waals surface area contributed by atoms with Crippen LogP contribution in [0.4, 0.5) is 0 Å². The van der Waals surface area contributed by atoms with Crippen molar-refractivity contribution in [2.75, 3.05) is 14.2 Å². The molecule has 3 rings (SSSR count). The largest absolute Gasteiger partial charge is 0.298 e. The van der Waals surface area contributed by atoms with Crippen LogP contribution in [-0.2, 0) is 16.7 Å². The number of carbonyl (C=O) groups is 1. The van der Waals surface area contributed by atoms with Crippen LogP contribution in [0.2, 0.25) is 0 Å². The summed E-state index contributed by atoms with van der Waals surface area (Å²) >= 11 is 0. The number of allylic oxidation sites excluding steroid dienone is 1. The number of nitrogens with one attached hydrogen (secondary N) is 1. The van der Waals surface area contributed by atoms with Gasteiger partial charge >= 0.3 is 0 Å². The summed E-state index contributed by atoms with van der Waals surface area (Å²) in [6.45, 7) is 2.19. The van der Waals surface area contributed by atoms with E-state index in [-0.39, 0.29) is 11.3 Å². The number of aromatic amines is 1. The zero-order valence-electron chi connectivity index (χ0n) is 13.0. The molecular formula is C17H19N3O2. The number of hydrogen-bond donors (Lipinski definition) is 1. The summed E-state index contributed by atoms with van der Waals surface area (Å²) in [6, 6.07) is 10.3. The number of hydroxylamine groups is 2. The number of aromatic nitrogens is 2. The second-order valence-corrected chi connectivity index (χ2v) is 5.74. The van der Waals surface area contributed by atoms with E-state index in [1.807, 2.05) is 24.3 Å². The molecule has 1 heterocycles. The van der Waals surface area contributed by atoms with Crippen LogP contribution in [0.1, 0.15) is 34.2 Å². The molecule has 0 saturated heterocycles. The van der Waals surface area contributed by atoms with Gasteiger partial charge in [-0.15, -0.1) is 0 Å². The molecule has 1 atom stereocenters. The molecule has 0 bridgehead atoms. The van der Waals surface area contributed by atoms with Crippen LogP contribution >= 0.6 is 0 Å². The summed E-state index contributed by atoms with van der Waals surface area (Å²) < 4.78 is 0. The quantitative estimate of drug-likeness (QED) is 0.886. The maximum Gasteiger partial charge on any atom is 0.298 e. The van der Waals surface area contributed by atoms with Crippen molar-refractivity contribution < 1.29 is 9.63 Å². The fourth-order valence-electron chi connectivity index (χ4n) is 2.81. The van der Waals surface area contributed by atoms with Crippen molar-refractivity contribution in [1.82, 2.24) is 15.3 Å². The van der Waals surface area contributed by atoms with Crippen LogP contribution in [0, 0.1) is 0 Å². The Kier molecular flexibility index (Phi) is 3.58. The van der Waals surface area contributed by atoms with Gasteiger partial charge in [-0.2, -0.15) is 5.10 Å². The maximum absolute atomic E-state index is 12.2. The monoisotopic (exact) mass is 297 g/mol. The predicted molar refractivity (Wildman–Crippen MR) is 84.2 cm³/mol. The molecule has 114 valence electrons. The highest BCUT2D eigenvalue weighted by Gasteiger charge is 2.32. The smallest absolute Gasteiger partial charge is 0.281 e. The fraction of sp³-hybridized carbons (Fsp3) is 0.294. The van der Waals surface area contributed by atoms with Crippen LogP contribution in [-0.4, -0.2) is 35.3 Å². The third kappa shape index (κ3) is 2.33. The molecule has 0 aliphatic heterocycles. The zero-order valence-corrected chi connectivity index (χ0v) is 13.0. The maximum atomic E-state index is 12.2. The Balaban J connectivity index is 1.95. The summed E-state index contributed by atoms with van der Waals surface area (Å²) in [5.41, 5.74) is 3.36. The molecule has 22 heavy (non-hydrogen) atoms. The van der Waals surface area contributed by atoms with Crippen molar-refractivity contribution in [2.45, 2.75) is 18.8 Å². The average Bonchev–Trinajstić information content (AvgIpc) is 2.96. The lowest BCUT2D eigenvalue weighted by Crippen LogP contribution is -2.28. The standard InChI is InChI=1S/C17H19N3O2/c1-17(12-7-5-4-6-8-12)10-9-13-14(11-17)18-19-15(13)16(21)20(2)22-3/h4-10H,11H2,1-3H3,(H,18,19). The first-order chi connectivity index (χ1) is 10.5. The topological polar surface area (TPSA) is 58.2 Å². The number of nitrogens with zero attached hydrogens (tertiary/aromatic N) is 2. The molecule has 0 radical (unpaired) electrons. The van der Waals surface area contributed by atoms with E-state index in [0.29, 0.717) is 5.69 Å². The van der Waals surface area contributed by atoms with Gasteiger partial charge in [0.15, 0.2) is 5.69 Å². The van der Waals surface area contributed by atoms with Gasteiger partial charge in [0, 0.05) is 30.1 Å². The Morgan fingerprint density at radius 2 is 2.09 bits per heavy atom. The second-order valence-electron chi connectivity index (χ2n) is 5.74. The number of fused-ring (bicyclic) bond motifs is 1. The molecule has 0 spiro atoms. The Labute approximate surface area is 129 Å². The van der Waals surface area contributed by atoms with Crippen molar-refractivity contribution in [3.05, 3.63) is 58.9 Å².